The Hall–Kier alpha value is -2.89. The topological polar surface area (TPSA) is 166 Å². The number of Topliss-reactive ketones (excluding diaryl/α,β-unsaturated/α-hetero) is 1. The number of fused-ring (bicyclic) bond motifs is 1. The summed E-state index contributed by atoms with van der Waals surface area (Å²) in [6.45, 7) is -0.619. The Bertz CT molecular complexity index is 957. The van der Waals surface area contributed by atoms with Gasteiger partial charge in [0.1, 0.15) is 59.1 Å². The molecular weight excluding hydrogens is 412 g/mol. The quantitative estimate of drug-likeness (QED) is 0.385. The van der Waals surface area contributed by atoms with Gasteiger partial charge in [-0.2, -0.15) is 0 Å². The molecule has 1 fully saturated rings. The third-order valence-electron chi connectivity index (χ3n) is 5.34. The number of phenols is 2. The summed E-state index contributed by atoms with van der Waals surface area (Å²) in [6, 6.07) is 8.64. The van der Waals surface area contributed by atoms with Crippen molar-refractivity contribution in [3.63, 3.8) is 0 Å². The van der Waals surface area contributed by atoms with Crippen molar-refractivity contribution in [2.45, 2.75) is 43.2 Å². The van der Waals surface area contributed by atoms with Crippen LogP contribution in [0, 0.1) is 0 Å². The molecule has 0 aliphatic carbocycles. The largest absolute Gasteiger partial charge is 0.508 e. The second kappa shape index (κ2) is 8.33. The molecule has 0 saturated carbocycles. The fourth-order valence-electron chi connectivity index (χ4n) is 3.66. The summed E-state index contributed by atoms with van der Waals surface area (Å²) in [4.78, 5) is 12.6. The summed E-state index contributed by atoms with van der Waals surface area (Å²) in [6.07, 6.45) is -8.09. The molecule has 2 heterocycles. The molecule has 2 aliphatic heterocycles. The van der Waals surface area contributed by atoms with Crippen LogP contribution >= 0.6 is 0 Å². The number of aliphatic hydroxyl groups is 4. The van der Waals surface area contributed by atoms with Gasteiger partial charge in [-0.05, 0) is 17.7 Å². The number of hydrogen-bond donors (Lipinski definition) is 6. The number of ether oxygens (including phenoxy) is 3. The molecule has 0 spiro atoms. The lowest BCUT2D eigenvalue weighted by molar-refractivity contribution is -0.277. The standard InChI is InChI=1S/C21H22O10/c22-8-16-18(26)19(27)20(28)21(31-16)29-11-5-12(24)17-13(25)7-14(30-15(17)6-11)9-1-3-10(23)4-2-9/h1-6,14,16,18-24,26-28H,7-8H2/t14-,16-,18-,19-,20-,21-/m0/s1. The average Bonchev–Trinajstić information content (AvgIpc) is 2.74. The molecule has 0 radical (unpaired) electrons. The monoisotopic (exact) mass is 434 g/mol. The Morgan fingerprint density at radius 2 is 1.71 bits per heavy atom. The number of benzene rings is 2. The van der Waals surface area contributed by atoms with Crippen LogP contribution in [0.25, 0.3) is 0 Å². The molecule has 2 aromatic rings. The first-order valence-electron chi connectivity index (χ1n) is 9.61. The first-order valence-corrected chi connectivity index (χ1v) is 9.61. The van der Waals surface area contributed by atoms with Crippen LogP contribution in [0.1, 0.15) is 28.4 Å². The molecule has 2 aromatic carbocycles. The van der Waals surface area contributed by atoms with Crippen LogP contribution in [0.3, 0.4) is 0 Å². The van der Waals surface area contributed by atoms with Crippen LogP contribution in [0.5, 0.6) is 23.0 Å². The van der Waals surface area contributed by atoms with Crippen molar-refractivity contribution < 1.29 is 49.6 Å². The number of carbonyl (C=O) groups is 1. The van der Waals surface area contributed by atoms with Crippen molar-refractivity contribution in [3.05, 3.63) is 47.5 Å². The second-order valence-corrected chi connectivity index (χ2v) is 7.46. The maximum Gasteiger partial charge on any atom is 0.229 e. The lowest BCUT2D eigenvalue weighted by atomic mass is 9.95. The smallest absolute Gasteiger partial charge is 0.229 e. The van der Waals surface area contributed by atoms with Crippen LogP contribution < -0.4 is 9.47 Å². The number of carbonyl (C=O) groups excluding carboxylic acids is 1. The van der Waals surface area contributed by atoms with E-state index >= 15 is 0 Å². The van der Waals surface area contributed by atoms with E-state index < -0.39 is 49.2 Å². The van der Waals surface area contributed by atoms with E-state index in [1.807, 2.05) is 0 Å². The van der Waals surface area contributed by atoms with E-state index in [1.54, 1.807) is 12.1 Å². The normalized spacial score (nSPS) is 30.4. The number of phenolic OH excluding ortho intramolecular Hbond substituents is 2. The molecule has 4 rings (SSSR count). The van der Waals surface area contributed by atoms with Crippen molar-refractivity contribution in [1.29, 1.82) is 0 Å². The second-order valence-electron chi connectivity index (χ2n) is 7.46. The van der Waals surface area contributed by atoms with E-state index in [1.165, 1.54) is 18.2 Å². The van der Waals surface area contributed by atoms with Crippen molar-refractivity contribution in [3.8, 4) is 23.0 Å². The van der Waals surface area contributed by atoms with E-state index in [4.69, 9.17) is 14.2 Å². The maximum atomic E-state index is 12.6. The van der Waals surface area contributed by atoms with Crippen LogP contribution in [-0.4, -0.2) is 73.7 Å². The van der Waals surface area contributed by atoms with Crippen LogP contribution in [0.2, 0.25) is 0 Å². The number of hydrogen-bond acceptors (Lipinski definition) is 10. The molecule has 6 atom stereocenters. The first-order chi connectivity index (χ1) is 14.8. The van der Waals surface area contributed by atoms with Gasteiger partial charge in [0, 0.05) is 12.1 Å². The molecule has 6 N–H and O–H groups in total. The molecule has 10 heteroatoms. The van der Waals surface area contributed by atoms with Crippen molar-refractivity contribution >= 4 is 5.78 Å². The van der Waals surface area contributed by atoms with Gasteiger partial charge in [0.15, 0.2) is 5.78 Å². The van der Waals surface area contributed by atoms with Gasteiger partial charge in [0.05, 0.1) is 13.0 Å². The van der Waals surface area contributed by atoms with E-state index in [0.29, 0.717) is 5.56 Å². The Morgan fingerprint density at radius 3 is 2.39 bits per heavy atom. The molecule has 1 saturated heterocycles. The van der Waals surface area contributed by atoms with E-state index in [9.17, 15) is 35.4 Å². The molecule has 2 aliphatic rings. The molecule has 0 unspecified atom stereocenters. The van der Waals surface area contributed by atoms with E-state index in [2.05, 4.69) is 0 Å². The summed E-state index contributed by atoms with van der Waals surface area (Å²) in [7, 11) is 0. The van der Waals surface area contributed by atoms with Gasteiger partial charge >= 0.3 is 0 Å². The van der Waals surface area contributed by atoms with Crippen molar-refractivity contribution in [2.24, 2.45) is 0 Å². The van der Waals surface area contributed by atoms with Gasteiger partial charge in [-0.15, -0.1) is 0 Å². The zero-order valence-electron chi connectivity index (χ0n) is 16.2. The Kier molecular flexibility index (Phi) is 5.73. The molecule has 0 bridgehead atoms. The molecule has 10 nitrogen and oxygen atoms in total. The minimum absolute atomic E-state index is 0.0156. The van der Waals surface area contributed by atoms with Crippen molar-refractivity contribution in [1.82, 2.24) is 0 Å². The lowest BCUT2D eigenvalue weighted by Gasteiger charge is -2.39. The molecular formula is C21H22O10. The van der Waals surface area contributed by atoms with Crippen LogP contribution in [0.4, 0.5) is 0 Å². The third kappa shape index (κ3) is 4.03. The molecule has 31 heavy (non-hydrogen) atoms. The molecule has 0 aromatic heterocycles. The van der Waals surface area contributed by atoms with Gasteiger partial charge in [0.2, 0.25) is 6.29 Å². The fourth-order valence-corrected chi connectivity index (χ4v) is 3.66. The predicted molar refractivity (Wildman–Crippen MR) is 103 cm³/mol. The Morgan fingerprint density at radius 1 is 1.00 bits per heavy atom. The molecule has 0 amide bonds. The Labute approximate surface area is 176 Å². The Balaban J connectivity index is 1.59. The zero-order chi connectivity index (χ0) is 22.3. The summed E-state index contributed by atoms with van der Waals surface area (Å²) in [5.74, 6) is -0.657. The van der Waals surface area contributed by atoms with E-state index in [0.717, 1.165) is 6.07 Å². The highest BCUT2D eigenvalue weighted by atomic mass is 16.7. The van der Waals surface area contributed by atoms with Gasteiger partial charge < -0.3 is 44.8 Å². The number of aliphatic hydroxyl groups excluding tert-OH is 4. The highest BCUT2D eigenvalue weighted by Crippen LogP contribution is 2.42. The average molecular weight is 434 g/mol. The maximum absolute atomic E-state index is 12.6. The number of rotatable bonds is 4. The first kappa shape index (κ1) is 21.3. The van der Waals surface area contributed by atoms with Gasteiger partial charge in [-0.1, -0.05) is 12.1 Å². The molecule has 166 valence electrons. The lowest BCUT2D eigenvalue weighted by Crippen LogP contribution is -2.60. The highest BCUT2D eigenvalue weighted by Gasteiger charge is 2.45. The van der Waals surface area contributed by atoms with Gasteiger partial charge in [-0.25, -0.2) is 0 Å². The fraction of sp³-hybridized carbons (Fsp3) is 0.381. The highest BCUT2D eigenvalue weighted by molar-refractivity contribution is 6.02. The zero-order valence-corrected chi connectivity index (χ0v) is 16.2. The van der Waals surface area contributed by atoms with Crippen LogP contribution in [0.15, 0.2) is 36.4 Å². The van der Waals surface area contributed by atoms with Gasteiger partial charge in [0.25, 0.3) is 0 Å². The van der Waals surface area contributed by atoms with Crippen molar-refractivity contribution in [2.75, 3.05) is 6.61 Å². The minimum atomic E-state index is -1.64. The summed E-state index contributed by atoms with van der Waals surface area (Å²) >= 11 is 0. The predicted octanol–water partition coefficient (Wildman–Crippen LogP) is -0.0170. The summed E-state index contributed by atoms with van der Waals surface area (Å²) in [5, 5.41) is 59.0. The van der Waals surface area contributed by atoms with E-state index in [-0.39, 0.29) is 35.0 Å². The summed E-state index contributed by atoms with van der Waals surface area (Å²) in [5.41, 5.74) is 0.632. The third-order valence-corrected chi connectivity index (χ3v) is 5.34. The SMILES string of the molecule is O=C1C[C@@H](c2ccc(O)cc2)Oc2cc(O[C@H]3O[C@@H](CO)[C@H](O)[C@H](O)[C@@H]3O)cc(O)c21. The minimum Gasteiger partial charge on any atom is -0.508 e. The number of ketones is 1. The number of aromatic hydroxyl groups is 2. The van der Waals surface area contributed by atoms with Gasteiger partial charge in [-0.3, -0.25) is 4.79 Å². The summed E-state index contributed by atoms with van der Waals surface area (Å²) < 4.78 is 16.7. The van der Waals surface area contributed by atoms with Crippen LogP contribution in [-0.2, 0) is 4.74 Å².